The average Bonchev–Trinajstić information content (AvgIpc) is 2.39. The van der Waals surface area contributed by atoms with E-state index in [1.807, 2.05) is 0 Å². The van der Waals surface area contributed by atoms with Gasteiger partial charge in [0.15, 0.2) is 0 Å². The minimum atomic E-state index is -0.820. The van der Waals surface area contributed by atoms with E-state index in [4.69, 9.17) is 5.11 Å². The number of hydrogen-bond donors (Lipinski definition) is 3. The van der Waals surface area contributed by atoms with E-state index in [1.165, 1.54) is 12.8 Å². The molecule has 3 rings (SSSR count). The van der Waals surface area contributed by atoms with Crippen LogP contribution in [0.25, 0.3) is 0 Å². The molecule has 3 heterocycles. The van der Waals surface area contributed by atoms with Gasteiger partial charge in [-0.3, -0.25) is 4.79 Å². The van der Waals surface area contributed by atoms with Crippen molar-refractivity contribution in [3.05, 3.63) is 0 Å². The maximum absolute atomic E-state index is 11.8. The Morgan fingerprint density at radius 2 is 2.05 bits per heavy atom. The van der Waals surface area contributed by atoms with Crippen LogP contribution in [0.5, 0.6) is 0 Å². The van der Waals surface area contributed by atoms with Gasteiger partial charge in [-0.25, -0.2) is 4.79 Å². The predicted molar refractivity (Wildman–Crippen MR) is 70.9 cm³/mol. The van der Waals surface area contributed by atoms with Crippen LogP contribution in [0.15, 0.2) is 0 Å². The number of aliphatic carboxylic acids is 1. The summed E-state index contributed by atoms with van der Waals surface area (Å²) in [6.07, 6.45) is 2.80. The molecule has 3 fully saturated rings. The third-order valence-corrected chi connectivity index (χ3v) is 4.26. The van der Waals surface area contributed by atoms with Crippen LogP contribution in [-0.4, -0.2) is 54.2 Å². The van der Waals surface area contributed by atoms with Crippen molar-refractivity contribution < 1.29 is 14.7 Å². The Labute approximate surface area is 113 Å². The van der Waals surface area contributed by atoms with Crippen LogP contribution >= 0.6 is 0 Å². The second-order valence-electron chi connectivity index (χ2n) is 5.67. The highest BCUT2D eigenvalue weighted by Crippen LogP contribution is 2.27. The lowest BCUT2D eigenvalue weighted by atomic mass is 9.84. The Kier molecular flexibility index (Phi) is 4.63. The van der Waals surface area contributed by atoms with E-state index in [-0.39, 0.29) is 12.1 Å². The first kappa shape index (κ1) is 14.1. The monoisotopic (exact) mass is 269 g/mol. The molecule has 0 saturated carbocycles. The van der Waals surface area contributed by atoms with Gasteiger partial charge in [0, 0.05) is 19.1 Å². The lowest BCUT2D eigenvalue weighted by Gasteiger charge is -2.44. The molecule has 0 aromatic rings. The number of urea groups is 1. The molecular weight excluding hydrogens is 246 g/mol. The molecule has 2 atom stereocenters. The van der Waals surface area contributed by atoms with E-state index in [0.717, 1.165) is 19.6 Å². The van der Waals surface area contributed by atoms with Gasteiger partial charge in [-0.2, -0.15) is 0 Å². The lowest BCUT2D eigenvalue weighted by Crippen LogP contribution is -2.58. The fourth-order valence-electron chi connectivity index (χ4n) is 2.87. The predicted octanol–water partition coefficient (Wildman–Crippen LogP) is 0.491. The van der Waals surface area contributed by atoms with Gasteiger partial charge in [0.2, 0.25) is 0 Å². The van der Waals surface area contributed by atoms with Gasteiger partial charge in [0.25, 0.3) is 0 Å². The van der Waals surface area contributed by atoms with E-state index >= 15 is 0 Å². The molecule has 2 amide bonds. The molecule has 3 aliphatic rings. The largest absolute Gasteiger partial charge is 0.481 e. The van der Waals surface area contributed by atoms with Gasteiger partial charge in [0.05, 0.1) is 5.92 Å². The van der Waals surface area contributed by atoms with Crippen molar-refractivity contribution in [3.8, 4) is 0 Å². The van der Waals surface area contributed by atoms with Crippen LogP contribution in [0.2, 0.25) is 0 Å². The maximum atomic E-state index is 11.8. The number of nitrogens with zero attached hydrogens (tertiary/aromatic N) is 1. The van der Waals surface area contributed by atoms with E-state index in [9.17, 15) is 9.59 Å². The number of carboxylic acids is 1. The number of carbonyl (C=O) groups is 2. The summed E-state index contributed by atoms with van der Waals surface area (Å²) >= 11 is 0. The van der Waals surface area contributed by atoms with E-state index < -0.39 is 11.9 Å². The molecule has 2 unspecified atom stereocenters. The highest BCUT2D eigenvalue weighted by Gasteiger charge is 2.34. The van der Waals surface area contributed by atoms with Gasteiger partial charge < -0.3 is 20.6 Å². The molecule has 0 aromatic carbocycles. The second-order valence-corrected chi connectivity index (χ2v) is 5.67. The highest BCUT2D eigenvalue weighted by molar-refractivity contribution is 5.74. The number of rotatable bonds is 5. The molecule has 0 aliphatic carbocycles. The van der Waals surface area contributed by atoms with Gasteiger partial charge in [0.1, 0.15) is 0 Å². The lowest BCUT2D eigenvalue weighted by molar-refractivity contribution is -0.141. The minimum absolute atomic E-state index is 0.170. The number of fused-ring (bicyclic) bond motifs is 3. The van der Waals surface area contributed by atoms with Crippen LogP contribution in [0.3, 0.4) is 0 Å². The normalized spacial score (nSPS) is 30.7. The molecule has 108 valence electrons. The number of amides is 2. The molecule has 3 aliphatic heterocycles. The minimum Gasteiger partial charge on any atom is -0.481 e. The molecule has 0 aromatic heterocycles. The SMILES string of the molecule is CC(CCNC(=O)NC1CN2CCC1CC2)C(=O)O. The van der Waals surface area contributed by atoms with E-state index in [1.54, 1.807) is 6.92 Å². The zero-order chi connectivity index (χ0) is 13.8. The molecule has 3 saturated heterocycles. The van der Waals surface area contributed by atoms with Crippen molar-refractivity contribution in [1.82, 2.24) is 15.5 Å². The molecular formula is C13H23N3O3. The standard InChI is InChI=1S/C13H23N3O3/c1-9(12(17)18)2-5-14-13(19)15-11-8-16-6-3-10(11)4-7-16/h9-11H,2-8H2,1H3,(H,17,18)(H2,14,15,19). The summed E-state index contributed by atoms with van der Waals surface area (Å²) in [7, 11) is 0. The molecule has 6 heteroatoms. The number of carboxylic acid groups (broad SMARTS) is 1. The van der Waals surface area contributed by atoms with Crippen LogP contribution in [0, 0.1) is 11.8 Å². The Bertz CT molecular complexity index is 340. The first-order valence-corrected chi connectivity index (χ1v) is 7.06. The summed E-state index contributed by atoms with van der Waals surface area (Å²) in [6.45, 7) is 5.31. The molecule has 0 radical (unpaired) electrons. The Balaban J connectivity index is 1.66. The van der Waals surface area contributed by atoms with E-state index in [0.29, 0.717) is 18.9 Å². The number of carbonyl (C=O) groups excluding carboxylic acids is 1. The van der Waals surface area contributed by atoms with Crippen molar-refractivity contribution in [2.45, 2.75) is 32.2 Å². The Hall–Kier alpha value is -1.30. The molecule has 3 N–H and O–H groups in total. The Morgan fingerprint density at radius 1 is 1.37 bits per heavy atom. The van der Waals surface area contributed by atoms with Crippen LogP contribution in [0.4, 0.5) is 4.79 Å². The summed E-state index contributed by atoms with van der Waals surface area (Å²) in [5.74, 6) is -0.634. The van der Waals surface area contributed by atoms with Gasteiger partial charge in [-0.15, -0.1) is 0 Å². The van der Waals surface area contributed by atoms with Gasteiger partial charge in [-0.1, -0.05) is 6.92 Å². The fraction of sp³-hybridized carbons (Fsp3) is 0.846. The topological polar surface area (TPSA) is 81.7 Å². The van der Waals surface area contributed by atoms with E-state index in [2.05, 4.69) is 15.5 Å². The second kappa shape index (κ2) is 6.23. The molecule has 2 bridgehead atoms. The summed E-state index contributed by atoms with van der Waals surface area (Å²) in [4.78, 5) is 24.8. The van der Waals surface area contributed by atoms with Gasteiger partial charge >= 0.3 is 12.0 Å². The first-order chi connectivity index (χ1) is 9.06. The highest BCUT2D eigenvalue weighted by atomic mass is 16.4. The molecule has 6 nitrogen and oxygen atoms in total. The summed E-state index contributed by atoms with van der Waals surface area (Å²) in [5, 5.41) is 14.5. The number of piperidine rings is 3. The van der Waals surface area contributed by atoms with Crippen molar-refractivity contribution in [2.24, 2.45) is 11.8 Å². The van der Waals surface area contributed by atoms with Crippen molar-refractivity contribution >= 4 is 12.0 Å². The smallest absolute Gasteiger partial charge is 0.315 e. The summed E-state index contributed by atoms with van der Waals surface area (Å²) in [6, 6.07) is 0.0794. The third-order valence-electron chi connectivity index (χ3n) is 4.26. The van der Waals surface area contributed by atoms with Gasteiger partial charge in [-0.05, 0) is 38.3 Å². The third kappa shape index (κ3) is 3.83. The maximum Gasteiger partial charge on any atom is 0.315 e. The van der Waals surface area contributed by atoms with Crippen LogP contribution in [0.1, 0.15) is 26.2 Å². The number of nitrogens with one attached hydrogen (secondary N) is 2. The molecule has 19 heavy (non-hydrogen) atoms. The fourth-order valence-corrected chi connectivity index (χ4v) is 2.87. The van der Waals surface area contributed by atoms with Crippen molar-refractivity contribution in [2.75, 3.05) is 26.2 Å². The van der Waals surface area contributed by atoms with Crippen molar-refractivity contribution in [1.29, 1.82) is 0 Å². The van der Waals surface area contributed by atoms with Crippen LogP contribution in [-0.2, 0) is 4.79 Å². The summed E-state index contributed by atoms with van der Waals surface area (Å²) < 4.78 is 0. The summed E-state index contributed by atoms with van der Waals surface area (Å²) in [5.41, 5.74) is 0. The number of hydrogen-bond acceptors (Lipinski definition) is 3. The molecule has 0 spiro atoms. The van der Waals surface area contributed by atoms with Crippen molar-refractivity contribution in [3.63, 3.8) is 0 Å². The van der Waals surface area contributed by atoms with Crippen LogP contribution < -0.4 is 10.6 Å². The Morgan fingerprint density at radius 3 is 2.58 bits per heavy atom. The zero-order valence-electron chi connectivity index (χ0n) is 11.4. The first-order valence-electron chi connectivity index (χ1n) is 7.06. The average molecular weight is 269 g/mol. The zero-order valence-corrected chi connectivity index (χ0v) is 11.4. The quantitative estimate of drug-likeness (QED) is 0.678.